The molecule has 0 aliphatic rings. The number of rotatable bonds is 10. The van der Waals surface area contributed by atoms with Crippen LogP contribution >= 0.6 is 0 Å². The number of aromatic nitrogens is 2. The number of nitrogens with zero attached hydrogens (tertiary/aromatic N) is 2. The van der Waals surface area contributed by atoms with E-state index in [1.165, 1.54) is 5.52 Å². The molecule has 0 radical (unpaired) electrons. The van der Waals surface area contributed by atoms with Gasteiger partial charge < -0.3 is 23.9 Å². The lowest BCUT2D eigenvalue weighted by Crippen LogP contribution is -2.28. The highest BCUT2D eigenvalue weighted by atomic mass is 16.5. The van der Waals surface area contributed by atoms with Gasteiger partial charge in [-0.1, -0.05) is 18.2 Å². The quantitative estimate of drug-likeness (QED) is 0.537. The van der Waals surface area contributed by atoms with Crippen LogP contribution in [0.2, 0.25) is 0 Å². The number of carbonyl (C=O) groups is 1. The van der Waals surface area contributed by atoms with Crippen molar-refractivity contribution in [1.82, 2.24) is 14.5 Å². The molecule has 0 fully saturated rings. The van der Waals surface area contributed by atoms with Gasteiger partial charge in [0.15, 0.2) is 0 Å². The van der Waals surface area contributed by atoms with E-state index in [1.54, 1.807) is 7.11 Å². The van der Waals surface area contributed by atoms with Crippen LogP contribution in [-0.4, -0.2) is 48.5 Å². The molecule has 0 saturated heterocycles. The fourth-order valence-corrected chi connectivity index (χ4v) is 3.79. The third-order valence-electron chi connectivity index (χ3n) is 4.98. The molecule has 1 aromatic carbocycles. The molecule has 152 valence electrons. The zero-order chi connectivity index (χ0) is 20.1. The zero-order valence-electron chi connectivity index (χ0n) is 17.3. The minimum absolute atomic E-state index is 0.0526. The maximum atomic E-state index is 12.9. The number of benzene rings is 1. The summed E-state index contributed by atoms with van der Waals surface area (Å²) in [5.41, 5.74) is 4.06. The average Bonchev–Trinajstić information content (AvgIpc) is 3.20. The van der Waals surface area contributed by atoms with Gasteiger partial charge in [-0.25, -0.2) is 0 Å². The van der Waals surface area contributed by atoms with Crippen LogP contribution in [0, 0.1) is 0 Å². The lowest BCUT2D eigenvalue weighted by molar-refractivity contribution is 0.0933. The van der Waals surface area contributed by atoms with Crippen LogP contribution < -0.4 is 5.32 Å². The Morgan fingerprint density at radius 3 is 2.68 bits per heavy atom. The summed E-state index contributed by atoms with van der Waals surface area (Å²) in [6.45, 7) is 9.46. The second-order valence-corrected chi connectivity index (χ2v) is 7.20. The maximum absolute atomic E-state index is 12.9. The second kappa shape index (κ2) is 9.26. The molecular weight excluding hydrogens is 354 g/mol. The number of nitrogens with one attached hydrogen (secondary N) is 1. The average molecular weight is 386 g/mol. The van der Waals surface area contributed by atoms with Gasteiger partial charge in [-0.2, -0.15) is 0 Å². The first-order valence-corrected chi connectivity index (χ1v) is 10.1. The van der Waals surface area contributed by atoms with Crippen molar-refractivity contribution in [2.75, 3.05) is 33.5 Å². The molecule has 1 amide bonds. The van der Waals surface area contributed by atoms with Crippen molar-refractivity contribution in [3.05, 3.63) is 36.0 Å². The SMILES string of the molecule is CCOCCCNC(=O)c1cc2c(c3ccccc3n2C(C)C)n1CCOC. The summed E-state index contributed by atoms with van der Waals surface area (Å²) in [5.74, 6) is -0.0526. The first-order valence-electron chi connectivity index (χ1n) is 10.1. The Bertz CT molecular complexity index is 939. The minimum atomic E-state index is -0.0526. The summed E-state index contributed by atoms with van der Waals surface area (Å²) < 4.78 is 15.1. The molecule has 0 unspecified atom stereocenters. The molecule has 0 atom stereocenters. The number of amides is 1. The van der Waals surface area contributed by atoms with Gasteiger partial charge in [0.2, 0.25) is 0 Å². The van der Waals surface area contributed by atoms with Crippen molar-refractivity contribution < 1.29 is 14.3 Å². The lowest BCUT2D eigenvalue weighted by Gasteiger charge is -2.11. The molecule has 0 aliphatic carbocycles. The van der Waals surface area contributed by atoms with E-state index in [9.17, 15) is 4.79 Å². The molecule has 3 rings (SSSR count). The van der Waals surface area contributed by atoms with Gasteiger partial charge >= 0.3 is 0 Å². The van der Waals surface area contributed by atoms with Crippen LogP contribution in [-0.2, 0) is 16.0 Å². The van der Waals surface area contributed by atoms with Crippen LogP contribution in [0.15, 0.2) is 30.3 Å². The molecule has 6 heteroatoms. The van der Waals surface area contributed by atoms with Gasteiger partial charge in [0, 0.05) is 44.8 Å². The monoisotopic (exact) mass is 385 g/mol. The van der Waals surface area contributed by atoms with Crippen molar-refractivity contribution in [1.29, 1.82) is 0 Å². The molecule has 0 aliphatic heterocycles. The molecule has 0 bridgehead atoms. The van der Waals surface area contributed by atoms with E-state index in [-0.39, 0.29) is 5.91 Å². The molecule has 2 heterocycles. The summed E-state index contributed by atoms with van der Waals surface area (Å²) in [6.07, 6.45) is 0.805. The topological polar surface area (TPSA) is 57.4 Å². The molecule has 28 heavy (non-hydrogen) atoms. The molecule has 1 N–H and O–H groups in total. The summed E-state index contributed by atoms with van der Waals surface area (Å²) in [6, 6.07) is 10.7. The van der Waals surface area contributed by atoms with Crippen molar-refractivity contribution in [3.63, 3.8) is 0 Å². The number of fused-ring (bicyclic) bond motifs is 3. The maximum Gasteiger partial charge on any atom is 0.268 e. The zero-order valence-corrected chi connectivity index (χ0v) is 17.3. The predicted octanol–water partition coefficient (Wildman–Crippen LogP) is 3.98. The standard InChI is InChI=1S/C22H31N3O3/c1-5-28-13-8-11-23-22(26)20-15-19-21(24(20)12-14-27-4)17-9-6-7-10-18(17)25(19)16(2)3/h6-7,9-10,15-16H,5,8,11-14H2,1-4H3,(H,23,26). The summed E-state index contributed by atoms with van der Waals surface area (Å²) >= 11 is 0. The van der Waals surface area contributed by atoms with E-state index in [4.69, 9.17) is 9.47 Å². The van der Waals surface area contributed by atoms with Crippen LogP contribution in [0.4, 0.5) is 0 Å². The van der Waals surface area contributed by atoms with E-state index in [0.29, 0.717) is 44.6 Å². The first kappa shape index (κ1) is 20.4. The van der Waals surface area contributed by atoms with Crippen LogP contribution in [0.1, 0.15) is 43.7 Å². The molecule has 0 spiro atoms. The lowest BCUT2D eigenvalue weighted by atomic mass is 10.2. The van der Waals surface area contributed by atoms with Crippen molar-refractivity contribution in [2.45, 2.75) is 39.8 Å². The molecule has 2 aromatic heterocycles. The third-order valence-corrected chi connectivity index (χ3v) is 4.98. The van der Waals surface area contributed by atoms with Crippen molar-refractivity contribution in [2.24, 2.45) is 0 Å². The Hall–Kier alpha value is -2.31. The van der Waals surface area contributed by atoms with Crippen LogP contribution in [0.25, 0.3) is 21.9 Å². The normalized spacial score (nSPS) is 11.8. The van der Waals surface area contributed by atoms with Gasteiger partial charge in [-0.3, -0.25) is 4.79 Å². The van der Waals surface area contributed by atoms with Crippen LogP contribution in [0.5, 0.6) is 0 Å². The Balaban J connectivity index is 2.02. The van der Waals surface area contributed by atoms with Crippen LogP contribution in [0.3, 0.4) is 0 Å². The van der Waals surface area contributed by atoms with Gasteiger partial charge in [0.1, 0.15) is 5.69 Å². The fourth-order valence-electron chi connectivity index (χ4n) is 3.79. The molecule has 6 nitrogen and oxygen atoms in total. The number of para-hydroxylation sites is 1. The van der Waals surface area contributed by atoms with Crippen molar-refractivity contribution in [3.8, 4) is 0 Å². The van der Waals surface area contributed by atoms with Crippen molar-refractivity contribution >= 4 is 27.8 Å². The van der Waals surface area contributed by atoms with E-state index in [0.717, 1.165) is 22.8 Å². The number of hydrogen-bond donors (Lipinski definition) is 1. The van der Waals surface area contributed by atoms with Gasteiger partial charge in [0.25, 0.3) is 5.91 Å². The van der Waals surface area contributed by atoms with Gasteiger partial charge in [-0.05, 0) is 39.3 Å². The molecule has 3 aromatic rings. The Kier molecular flexibility index (Phi) is 6.75. The number of ether oxygens (including phenoxy) is 2. The highest BCUT2D eigenvalue weighted by molar-refractivity contribution is 6.10. The smallest absolute Gasteiger partial charge is 0.268 e. The van der Waals surface area contributed by atoms with E-state index in [1.807, 2.05) is 19.1 Å². The Morgan fingerprint density at radius 1 is 1.18 bits per heavy atom. The second-order valence-electron chi connectivity index (χ2n) is 7.20. The highest BCUT2D eigenvalue weighted by Crippen LogP contribution is 2.34. The fraction of sp³-hybridized carbons (Fsp3) is 0.500. The Morgan fingerprint density at radius 2 is 1.96 bits per heavy atom. The van der Waals surface area contributed by atoms with E-state index >= 15 is 0 Å². The first-order chi connectivity index (χ1) is 13.6. The Labute approximate surface area is 166 Å². The number of hydrogen-bond acceptors (Lipinski definition) is 3. The summed E-state index contributed by atoms with van der Waals surface area (Å²) in [7, 11) is 1.69. The van der Waals surface area contributed by atoms with Gasteiger partial charge in [0.05, 0.1) is 23.2 Å². The number of methoxy groups -OCH3 is 1. The predicted molar refractivity (Wildman–Crippen MR) is 113 cm³/mol. The van der Waals surface area contributed by atoms with Gasteiger partial charge in [-0.15, -0.1) is 0 Å². The van der Waals surface area contributed by atoms with E-state index < -0.39 is 0 Å². The molecular formula is C22H31N3O3. The third kappa shape index (κ3) is 3.93. The summed E-state index contributed by atoms with van der Waals surface area (Å²) in [5, 5.41) is 4.20. The number of carbonyl (C=O) groups excluding carboxylic acids is 1. The highest BCUT2D eigenvalue weighted by Gasteiger charge is 2.22. The molecule has 0 saturated carbocycles. The minimum Gasteiger partial charge on any atom is -0.383 e. The largest absolute Gasteiger partial charge is 0.383 e. The summed E-state index contributed by atoms with van der Waals surface area (Å²) in [4.78, 5) is 12.9. The van der Waals surface area contributed by atoms with E-state index in [2.05, 4.69) is 46.5 Å².